The molecule has 5 nitrogen and oxygen atoms in total. The molecule has 112 valence electrons. The van der Waals surface area contributed by atoms with Crippen LogP contribution in [0.2, 0.25) is 0 Å². The van der Waals surface area contributed by atoms with Crippen molar-refractivity contribution in [3.8, 4) is 5.69 Å². The van der Waals surface area contributed by atoms with Crippen LogP contribution in [0.5, 0.6) is 0 Å². The Kier molecular flexibility index (Phi) is 3.67. The average molecular weight is 303 g/mol. The van der Waals surface area contributed by atoms with Gasteiger partial charge >= 0.3 is 12.1 Å². The number of hydrogen-bond acceptors (Lipinski definition) is 3. The lowest BCUT2D eigenvalue weighted by Crippen LogP contribution is -2.11. The number of aromatic nitrogens is 3. The Bertz CT molecular complexity index is 694. The van der Waals surface area contributed by atoms with E-state index in [1.54, 1.807) is 6.92 Å². The van der Waals surface area contributed by atoms with Crippen LogP contribution in [0.3, 0.4) is 0 Å². The molecule has 0 fully saturated rings. The third-order valence-corrected chi connectivity index (χ3v) is 2.80. The van der Waals surface area contributed by atoms with Gasteiger partial charge in [-0.3, -0.25) is 0 Å². The van der Waals surface area contributed by atoms with Gasteiger partial charge in [-0.05, 0) is 24.6 Å². The summed E-state index contributed by atoms with van der Waals surface area (Å²) in [6.45, 7) is 1.61. The normalized spacial score (nSPS) is 11.7. The quantitative estimate of drug-likeness (QED) is 0.885. The Morgan fingerprint density at radius 3 is 2.57 bits per heavy atom. The van der Waals surface area contributed by atoms with Crippen LogP contribution < -0.4 is 0 Å². The molecule has 0 atom stereocenters. The van der Waals surface area contributed by atoms with Gasteiger partial charge in [0.2, 0.25) is 0 Å². The molecule has 1 heterocycles. The summed E-state index contributed by atoms with van der Waals surface area (Å²) < 4.78 is 52.2. The molecule has 0 aliphatic heterocycles. The van der Waals surface area contributed by atoms with Crippen LogP contribution in [0, 0.1) is 5.82 Å². The highest BCUT2D eigenvalue weighted by Gasteiger charge is 2.34. The summed E-state index contributed by atoms with van der Waals surface area (Å²) in [4.78, 5) is 10.9. The second-order valence-corrected chi connectivity index (χ2v) is 4.12. The third kappa shape index (κ3) is 2.71. The zero-order valence-electron chi connectivity index (χ0n) is 10.6. The second-order valence-electron chi connectivity index (χ2n) is 4.12. The third-order valence-electron chi connectivity index (χ3n) is 2.80. The Morgan fingerprint density at radius 1 is 1.38 bits per heavy atom. The summed E-state index contributed by atoms with van der Waals surface area (Å²) >= 11 is 0. The molecule has 0 amide bonds. The van der Waals surface area contributed by atoms with E-state index in [4.69, 9.17) is 5.11 Å². The van der Waals surface area contributed by atoms with E-state index in [0.717, 1.165) is 10.7 Å². The van der Waals surface area contributed by atoms with Crippen molar-refractivity contribution >= 4 is 5.97 Å². The minimum Gasteiger partial charge on any atom is -0.476 e. The van der Waals surface area contributed by atoms with Crippen LogP contribution in [0.15, 0.2) is 18.2 Å². The molecule has 2 aromatic rings. The molecule has 0 saturated heterocycles. The minimum absolute atomic E-state index is 0.111. The number of carbonyl (C=O) groups is 1. The molecule has 1 aromatic carbocycles. The monoisotopic (exact) mass is 303 g/mol. The summed E-state index contributed by atoms with van der Waals surface area (Å²) in [7, 11) is 0. The second kappa shape index (κ2) is 5.15. The lowest BCUT2D eigenvalue weighted by atomic mass is 10.1. The lowest BCUT2D eigenvalue weighted by Gasteiger charge is -2.11. The van der Waals surface area contributed by atoms with E-state index in [1.165, 1.54) is 0 Å². The molecule has 0 aliphatic rings. The van der Waals surface area contributed by atoms with Crippen molar-refractivity contribution in [2.45, 2.75) is 19.5 Å². The van der Waals surface area contributed by atoms with Gasteiger partial charge in [-0.15, -0.1) is 5.10 Å². The highest BCUT2D eigenvalue weighted by molar-refractivity contribution is 5.86. The summed E-state index contributed by atoms with van der Waals surface area (Å²) in [6, 6.07) is 2.29. The molecule has 0 radical (unpaired) electrons. The average Bonchev–Trinajstić information content (AvgIpc) is 2.81. The highest BCUT2D eigenvalue weighted by atomic mass is 19.4. The van der Waals surface area contributed by atoms with Crippen molar-refractivity contribution in [3.05, 3.63) is 41.0 Å². The van der Waals surface area contributed by atoms with E-state index >= 15 is 0 Å². The number of benzene rings is 1. The van der Waals surface area contributed by atoms with Gasteiger partial charge in [-0.25, -0.2) is 13.9 Å². The number of carboxylic acids is 1. The molecular formula is C12H9F4N3O2. The fourth-order valence-electron chi connectivity index (χ4n) is 1.85. The molecule has 2 rings (SSSR count). The number of nitrogens with zero attached hydrogens (tertiary/aromatic N) is 3. The molecule has 1 N–H and O–H groups in total. The Labute approximate surface area is 115 Å². The summed E-state index contributed by atoms with van der Waals surface area (Å²) in [5.41, 5.74) is -1.78. The molecule has 1 aromatic heterocycles. The van der Waals surface area contributed by atoms with Crippen LogP contribution in [0.1, 0.15) is 28.7 Å². The van der Waals surface area contributed by atoms with Crippen molar-refractivity contribution in [2.24, 2.45) is 0 Å². The first-order chi connectivity index (χ1) is 9.75. The Hall–Kier alpha value is -2.45. The minimum atomic E-state index is -4.86. The zero-order chi connectivity index (χ0) is 15.8. The number of hydrogen-bond donors (Lipinski definition) is 1. The molecule has 0 unspecified atom stereocenters. The van der Waals surface area contributed by atoms with Crippen molar-refractivity contribution in [1.82, 2.24) is 15.0 Å². The van der Waals surface area contributed by atoms with E-state index in [2.05, 4.69) is 10.3 Å². The summed E-state index contributed by atoms with van der Waals surface area (Å²) in [5, 5.41) is 15.9. The maximum atomic E-state index is 13.2. The van der Waals surface area contributed by atoms with Gasteiger partial charge < -0.3 is 5.11 Å². The fraction of sp³-hybridized carbons (Fsp3) is 0.250. The molecular weight excluding hydrogens is 294 g/mol. The smallest absolute Gasteiger partial charge is 0.419 e. The predicted octanol–water partition coefficient (Wildman–Crippen LogP) is 2.69. The van der Waals surface area contributed by atoms with Crippen molar-refractivity contribution in [2.75, 3.05) is 0 Å². The summed E-state index contributed by atoms with van der Waals surface area (Å²) in [5.74, 6) is -2.75. The first kappa shape index (κ1) is 14.9. The highest BCUT2D eigenvalue weighted by Crippen LogP contribution is 2.32. The lowest BCUT2D eigenvalue weighted by molar-refractivity contribution is -0.140. The maximum absolute atomic E-state index is 13.2. The SMILES string of the molecule is CCc1c(C(=O)O)nnn1-c1ccc(F)c(C(F)(F)F)c1. The van der Waals surface area contributed by atoms with Gasteiger partial charge in [0.25, 0.3) is 0 Å². The fourth-order valence-corrected chi connectivity index (χ4v) is 1.85. The maximum Gasteiger partial charge on any atom is 0.419 e. The van der Waals surface area contributed by atoms with Gasteiger partial charge in [-0.2, -0.15) is 13.2 Å². The summed E-state index contributed by atoms with van der Waals surface area (Å²) in [6.07, 6.45) is -4.67. The van der Waals surface area contributed by atoms with Crippen LogP contribution in [0.25, 0.3) is 5.69 Å². The Morgan fingerprint density at radius 2 is 2.05 bits per heavy atom. The van der Waals surface area contributed by atoms with E-state index in [9.17, 15) is 22.4 Å². The molecule has 21 heavy (non-hydrogen) atoms. The molecule has 0 saturated carbocycles. The van der Waals surface area contributed by atoms with E-state index in [-0.39, 0.29) is 23.5 Å². The van der Waals surface area contributed by atoms with E-state index in [1.807, 2.05) is 0 Å². The molecule has 0 bridgehead atoms. The zero-order valence-corrected chi connectivity index (χ0v) is 10.6. The van der Waals surface area contributed by atoms with Gasteiger partial charge in [0.05, 0.1) is 16.9 Å². The molecule has 0 spiro atoms. The molecule has 0 aliphatic carbocycles. The van der Waals surface area contributed by atoms with Crippen LogP contribution >= 0.6 is 0 Å². The number of rotatable bonds is 3. The number of halogens is 4. The Balaban J connectivity index is 2.61. The van der Waals surface area contributed by atoms with E-state index in [0.29, 0.717) is 12.1 Å². The van der Waals surface area contributed by atoms with Crippen molar-refractivity contribution < 1.29 is 27.5 Å². The first-order valence-corrected chi connectivity index (χ1v) is 5.80. The van der Waals surface area contributed by atoms with Crippen LogP contribution in [-0.2, 0) is 12.6 Å². The van der Waals surface area contributed by atoms with Crippen molar-refractivity contribution in [3.63, 3.8) is 0 Å². The number of aromatic carboxylic acids is 1. The van der Waals surface area contributed by atoms with Crippen LogP contribution in [-0.4, -0.2) is 26.1 Å². The topological polar surface area (TPSA) is 68.0 Å². The standard InChI is InChI=1S/C12H9F4N3O2/c1-2-9-10(11(20)21)17-18-19(9)6-3-4-8(13)7(5-6)12(14,15)16/h3-5H,2H2,1H3,(H,20,21). The van der Waals surface area contributed by atoms with Gasteiger partial charge in [0.15, 0.2) is 5.69 Å². The van der Waals surface area contributed by atoms with Crippen LogP contribution in [0.4, 0.5) is 17.6 Å². The van der Waals surface area contributed by atoms with Gasteiger partial charge in [-0.1, -0.05) is 12.1 Å². The van der Waals surface area contributed by atoms with Gasteiger partial charge in [0.1, 0.15) is 5.82 Å². The van der Waals surface area contributed by atoms with Gasteiger partial charge in [0, 0.05) is 0 Å². The molecule has 9 heteroatoms. The number of alkyl halides is 3. The van der Waals surface area contributed by atoms with Crippen molar-refractivity contribution in [1.29, 1.82) is 0 Å². The van der Waals surface area contributed by atoms with E-state index < -0.39 is 23.5 Å². The predicted molar refractivity (Wildman–Crippen MR) is 62.7 cm³/mol. The largest absolute Gasteiger partial charge is 0.476 e. The number of carboxylic acid groups (broad SMARTS) is 1. The first-order valence-electron chi connectivity index (χ1n) is 5.80.